The first-order chi connectivity index (χ1) is 13.2. The van der Waals surface area contributed by atoms with Gasteiger partial charge in [-0.3, -0.25) is 4.79 Å². The minimum Gasteiger partial charge on any atom is -0.399 e. The van der Waals surface area contributed by atoms with Crippen molar-refractivity contribution in [2.45, 2.75) is 34.1 Å². The van der Waals surface area contributed by atoms with E-state index in [1.54, 1.807) is 6.08 Å². The van der Waals surface area contributed by atoms with Gasteiger partial charge in [0.05, 0.1) is 17.1 Å². The Labute approximate surface area is 165 Å². The van der Waals surface area contributed by atoms with Crippen LogP contribution < -0.4 is 17.2 Å². The first-order valence-corrected chi connectivity index (χ1v) is 9.20. The molecule has 0 spiro atoms. The molecule has 1 aliphatic carbocycles. The van der Waals surface area contributed by atoms with Crippen LogP contribution in [0.4, 0.5) is 17.1 Å². The number of nitrogens with two attached hydrogens (primary N) is 3. The van der Waals surface area contributed by atoms with Gasteiger partial charge in [0, 0.05) is 29.4 Å². The molecule has 1 aliphatic rings. The van der Waals surface area contributed by atoms with Crippen molar-refractivity contribution in [3.05, 3.63) is 75.5 Å². The van der Waals surface area contributed by atoms with Gasteiger partial charge in [0.2, 0.25) is 0 Å². The molecule has 0 saturated carbocycles. The Morgan fingerprint density at radius 1 is 0.786 bits per heavy atom. The molecule has 2 aromatic carbocycles. The molecule has 0 unspecified atom stereocenters. The van der Waals surface area contributed by atoms with Gasteiger partial charge in [0.1, 0.15) is 0 Å². The van der Waals surface area contributed by atoms with Gasteiger partial charge in [-0.25, -0.2) is 4.99 Å². The van der Waals surface area contributed by atoms with Crippen molar-refractivity contribution in [2.24, 2.45) is 10.7 Å². The van der Waals surface area contributed by atoms with Gasteiger partial charge in [-0.2, -0.15) is 0 Å². The maximum atomic E-state index is 12.5. The summed E-state index contributed by atoms with van der Waals surface area (Å²) in [5.41, 5.74) is 27.1. The molecular formula is C23H26N4O. The molecule has 5 heteroatoms. The van der Waals surface area contributed by atoms with Crippen molar-refractivity contribution in [1.82, 2.24) is 0 Å². The number of hydrogen-bond donors (Lipinski definition) is 3. The summed E-state index contributed by atoms with van der Waals surface area (Å²) >= 11 is 0. The van der Waals surface area contributed by atoms with Crippen molar-refractivity contribution in [2.75, 3.05) is 11.5 Å². The van der Waals surface area contributed by atoms with Crippen LogP contribution in [0.5, 0.6) is 0 Å². The van der Waals surface area contributed by atoms with Crippen molar-refractivity contribution >= 4 is 28.6 Å². The van der Waals surface area contributed by atoms with E-state index in [9.17, 15) is 4.79 Å². The van der Waals surface area contributed by atoms with E-state index in [1.807, 2.05) is 52.0 Å². The van der Waals surface area contributed by atoms with E-state index in [1.165, 1.54) is 6.08 Å². The topological polar surface area (TPSA) is 107 Å². The monoisotopic (exact) mass is 374 g/mol. The number of carbonyl (C=O) groups excluding carboxylic acids is 1. The number of allylic oxidation sites excluding steroid dienone is 3. The maximum absolute atomic E-state index is 12.5. The molecule has 6 N–H and O–H groups in total. The van der Waals surface area contributed by atoms with E-state index >= 15 is 0 Å². The van der Waals surface area contributed by atoms with Crippen LogP contribution in [0.2, 0.25) is 0 Å². The highest BCUT2D eigenvalue weighted by Crippen LogP contribution is 2.28. The Bertz CT molecular complexity index is 1070. The molecule has 0 saturated heterocycles. The predicted octanol–water partition coefficient (Wildman–Crippen LogP) is 3.75. The molecule has 0 aliphatic heterocycles. The lowest BCUT2D eigenvalue weighted by Crippen LogP contribution is -2.20. The molecule has 2 aromatic rings. The Balaban J connectivity index is 2.01. The van der Waals surface area contributed by atoms with Crippen LogP contribution in [-0.4, -0.2) is 11.5 Å². The highest BCUT2D eigenvalue weighted by atomic mass is 16.1. The number of ketones is 1. The average molecular weight is 374 g/mol. The van der Waals surface area contributed by atoms with Gasteiger partial charge >= 0.3 is 0 Å². The molecule has 0 bridgehead atoms. The fraction of sp³-hybridized carbons (Fsp3) is 0.217. The first-order valence-electron chi connectivity index (χ1n) is 9.20. The zero-order valence-electron chi connectivity index (χ0n) is 16.8. The SMILES string of the molecule is Cc1c(N)ccc(CC2=CC(=Nc3ccc(N)c(C)c3C)C(N)=CC2=O)c1C. The second kappa shape index (κ2) is 7.35. The third-order valence-electron chi connectivity index (χ3n) is 5.57. The molecule has 0 aromatic heterocycles. The third-order valence-corrected chi connectivity index (χ3v) is 5.57. The van der Waals surface area contributed by atoms with Gasteiger partial charge in [-0.15, -0.1) is 0 Å². The predicted molar refractivity (Wildman–Crippen MR) is 117 cm³/mol. The van der Waals surface area contributed by atoms with Crippen LogP contribution in [0.25, 0.3) is 0 Å². The highest BCUT2D eigenvalue weighted by molar-refractivity contribution is 6.22. The minimum absolute atomic E-state index is 0.0875. The van der Waals surface area contributed by atoms with Crippen molar-refractivity contribution in [3.8, 4) is 0 Å². The van der Waals surface area contributed by atoms with Crippen LogP contribution in [-0.2, 0) is 11.2 Å². The summed E-state index contributed by atoms with van der Waals surface area (Å²) in [6, 6.07) is 7.55. The Kier molecular flexibility index (Phi) is 5.10. The fourth-order valence-electron chi connectivity index (χ4n) is 3.23. The lowest BCUT2D eigenvalue weighted by molar-refractivity contribution is -0.111. The number of aliphatic imine (C=N–C) groups is 1. The molecule has 0 fully saturated rings. The Morgan fingerprint density at radius 2 is 1.39 bits per heavy atom. The molecule has 0 amide bonds. The van der Waals surface area contributed by atoms with E-state index in [0.717, 1.165) is 44.9 Å². The van der Waals surface area contributed by atoms with E-state index in [4.69, 9.17) is 22.2 Å². The summed E-state index contributed by atoms with van der Waals surface area (Å²) < 4.78 is 0. The summed E-state index contributed by atoms with van der Waals surface area (Å²) in [4.78, 5) is 17.2. The molecule has 0 atom stereocenters. The van der Waals surface area contributed by atoms with E-state index in [0.29, 0.717) is 23.4 Å². The molecule has 0 heterocycles. The minimum atomic E-state index is -0.0875. The summed E-state index contributed by atoms with van der Waals surface area (Å²) in [5.74, 6) is -0.0875. The van der Waals surface area contributed by atoms with Gasteiger partial charge in [-0.05, 0) is 79.8 Å². The molecule has 3 rings (SSSR count). The van der Waals surface area contributed by atoms with Crippen LogP contribution in [0.15, 0.2) is 52.7 Å². The molecule has 144 valence electrons. The largest absolute Gasteiger partial charge is 0.399 e. The summed E-state index contributed by atoms with van der Waals surface area (Å²) in [5, 5.41) is 0. The lowest BCUT2D eigenvalue weighted by Gasteiger charge is -2.16. The molecular weight excluding hydrogens is 348 g/mol. The van der Waals surface area contributed by atoms with Crippen LogP contribution >= 0.6 is 0 Å². The maximum Gasteiger partial charge on any atom is 0.184 e. The Morgan fingerprint density at radius 3 is 2.07 bits per heavy atom. The van der Waals surface area contributed by atoms with Crippen LogP contribution in [0, 0.1) is 27.7 Å². The summed E-state index contributed by atoms with van der Waals surface area (Å²) in [7, 11) is 0. The zero-order chi connectivity index (χ0) is 20.6. The normalized spacial score (nSPS) is 15.6. The number of anilines is 2. The first kappa shape index (κ1) is 19.4. The van der Waals surface area contributed by atoms with Gasteiger partial charge in [0.15, 0.2) is 5.78 Å². The summed E-state index contributed by atoms with van der Waals surface area (Å²) in [6.45, 7) is 7.95. The second-order valence-electron chi connectivity index (χ2n) is 7.30. The number of nitrogen functional groups attached to an aromatic ring is 2. The summed E-state index contributed by atoms with van der Waals surface area (Å²) in [6.07, 6.45) is 3.75. The van der Waals surface area contributed by atoms with Gasteiger partial charge < -0.3 is 17.2 Å². The average Bonchev–Trinajstić information content (AvgIpc) is 2.66. The smallest absolute Gasteiger partial charge is 0.184 e. The van der Waals surface area contributed by atoms with E-state index in [2.05, 4.69) is 0 Å². The van der Waals surface area contributed by atoms with Crippen LogP contribution in [0.3, 0.4) is 0 Å². The van der Waals surface area contributed by atoms with Gasteiger partial charge in [0.25, 0.3) is 0 Å². The van der Waals surface area contributed by atoms with E-state index in [-0.39, 0.29) is 5.78 Å². The Hall–Kier alpha value is -3.34. The highest BCUT2D eigenvalue weighted by Gasteiger charge is 2.19. The van der Waals surface area contributed by atoms with Crippen molar-refractivity contribution in [3.63, 3.8) is 0 Å². The van der Waals surface area contributed by atoms with Crippen LogP contribution in [0.1, 0.15) is 27.8 Å². The number of carbonyl (C=O) groups is 1. The lowest BCUT2D eigenvalue weighted by atomic mass is 9.91. The number of benzene rings is 2. The van der Waals surface area contributed by atoms with E-state index < -0.39 is 0 Å². The molecule has 28 heavy (non-hydrogen) atoms. The second-order valence-corrected chi connectivity index (χ2v) is 7.30. The number of nitrogens with zero attached hydrogens (tertiary/aromatic N) is 1. The number of hydrogen-bond acceptors (Lipinski definition) is 5. The van der Waals surface area contributed by atoms with Crippen molar-refractivity contribution in [1.29, 1.82) is 0 Å². The standard InChI is InChI=1S/C23H26N4O/c1-12-13(2)18(24)6-5-16(12)9-17-10-22(20(26)11-23(17)28)27-21-8-7-19(25)14(3)15(21)4/h5-8,10-11H,9,24-26H2,1-4H3. The third kappa shape index (κ3) is 3.56. The zero-order valence-corrected chi connectivity index (χ0v) is 16.8. The van der Waals surface area contributed by atoms with Gasteiger partial charge in [-0.1, -0.05) is 6.07 Å². The fourth-order valence-corrected chi connectivity index (χ4v) is 3.23. The number of rotatable bonds is 3. The van der Waals surface area contributed by atoms with Crippen molar-refractivity contribution < 1.29 is 4.79 Å². The molecule has 0 radical (unpaired) electrons. The quantitative estimate of drug-likeness (QED) is 0.561. The molecule has 5 nitrogen and oxygen atoms in total.